The zero-order valence-electron chi connectivity index (χ0n) is 9.65. The summed E-state index contributed by atoms with van der Waals surface area (Å²) < 4.78 is 1.43. The highest BCUT2D eigenvalue weighted by atomic mass is 79.9. The van der Waals surface area contributed by atoms with Gasteiger partial charge >= 0.3 is 0 Å². The van der Waals surface area contributed by atoms with Gasteiger partial charge in [-0.2, -0.15) is 5.26 Å². The molecule has 0 aromatic heterocycles. The fourth-order valence-corrected chi connectivity index (χ4v) is 2.89. The molecule has 0 atom stereocenters. The first-order valence-electron chi connectivity index (χ1n) is 5.37. The molecule has 2 aromatic carbocycles. The minimum absolute atomic E-state index is 0.250. The van der Waals surface area contributed by atoms with E-state index < -0.39 is 0 Å². The van der Waals surface area contributed by atoms with Crippen molar-refractivity contribution in [1.29, 1.82) is 5.26 Å². The Kier molecular flexibility index (Phi) is 4.35. The summed E-state index contributed by atoms with van der Waals surface area (Å²) in [4.78, 5) is 12.1. The van der Waals surface area contributed by atoms with E-state index in [1.807, 2.05) is 6.07 Å². The van der Waals surface area contributed by atoms with Gasteiger partial charge in [0, 0.05) is 14.5 Å². The van der Waals surface area contributed by atoms with Gasteiger partial charge in [-0.3, -0.25) is 4.79 Å². The lowest BCUT2D eigenvalue weighted by atomic mass is 10.1. The maximum absolute atomic E-state index is 12.1. The molecule has 0 unspecified atom stereocenters. The summed E-state index contributed by atoms with van der Waals surface area (Å²) in [6, 6.07) is 14.3. The van der Waals surface area contributed by atoms with Crippen molar-refractivity contribution in [2.24, 2.45) is 0 Å². The Balaban J connectivity index is 2.35. The zero-order chi connectivity index (χ0) is 13.8. The largest absolute Gasteiger partial charge is 0.320 e. The molecule has 94 valence electrons. The molecule has 0 saturated heterocycles. The van der Waals surface area contributed by atoms with E-state index >= 15 is 0 Å². The third-order valence-corrected chi connectivity index (χ3v) is 3.53. The highest BCUT2D eigenvalue weighted by Gasteiger charge is 2.12. The van der Waals surface area contributed by atoms with Crippen LogP contribution in [0.4, 0.5) is 5.69 Å². The molecule has 0 aliphatic heterocycles. The van der Waals surface area contributed by atoms with E-state index in [1.165, 1.54) is 0 Å². The summed E-state index contributed by atoms with van der Waals surface area (Å²) in [5.41, 5.74) is 1.41. The zero-order valence-corrected chi connectivity index (χ0v) is 12.8. The van der Waals surface area contributed by atoms with E-state index in [0.29, 0.717) is 21.3 Å². The van der Waals surface area contributed by atoms with Crippen molar-refractivity contribution in [3.8, 4) is 6.07 Å². The van der Waals surface area contributed by atoms with Gasteiger partial charge in [0.2, 0.25) is 0 Å². The van der Waals surface area contributed by atoms with Gasteiger partial charge in [-0.1, -0.05) is 34.1 Å². The maximum atomic E-state index is 12.1. The second-order valence-corrected chi connectivity index (χ2v) is 5.51. The molecule has 1 amide bonds. The van der Waals surface area contributed by atoms with Crippen LogP contribution in [0.1, 0.15) is 15.9 Å². The van der Waals surface area contributed by atoms with Crippen molar-refractivity contribution in [1.82, 2.24) is 0 Å². The molecule has 1 N–H and O–H groups in total. The van der Waals surface area contributed by atoms with Crippen LogP contribution in [-0.2, 0) is 0 Å². The van der Waals surface area contributed by atoms with Gasteiger partial charge in [0.1, 0.15) is 6.07 Å². The average molecular weight is 380 g/mol. The second kappa shape index (κ2) is 6.00. The van der Waals surface area contributed by atoms with Crippen molar-refractivity contribution < 1.29 is 4.79 Å². The number of anilines is 1. The molecule has 2 rings (SSSR count). The van der Waals surface area contributed by atoms with Gasteiger partial charge in [-0.25, -0.2) is 0 Å². The highest BCUT2D eigenvalue weighted by Crippen LogP contribution is 2.30. The Morgan fingerprint density at radius 1 is 1.16 bits per heavy atom. The third-order valence-electron chi connectivity index (χ3n) is 2.45. The standard InChI is InChI=1S/C14H8Br2N2O/c15-11-6-10(8-17)13(12(16)7-11)18-14(19)9-4-2-1-3-5-9/h1-7H,(H,18,19). The number of carbonyl (C=O) groups excluding carboxylic acids is 1. The van der Waals surface area contributed by atoms with Gasteiger partial charge < -0.3 is 5.32 Å². The molecule has 0 spiro atoms. The maximum Gasteiger partial charge on any atom is 0.255 e. The Bertz CT molecular complexity index is 663. The average Bonchev–Trinajstić information content (AvgIpc) is 2.42. The molecule has 0 aliphatic carbocycles. The fraction of sp³-hybridized carbons (Fsp3) is 0. The van der Waals surface area contributed by atoms with Crippen LogP contribution in [0.15, 0.2) is 51.4 Å². The summed E-state index contributed by atoms with van der Waals surface area (Å²) in [5.74, 6) is -0.250. The van der Waals surface area contributed by atoms with Crippen LogP contribution in [0.3, 0.4) is 0 Å². The molecule has 0 saturated carbocycles. The van der Waals surface area contributed by atoms with Crippen LogP contribution in [0.5, 0.6) is 0 Å². The van der Waals surface area contributed by atoms with Crippen LogP contribution in [0, 0.1) is 11.3 Å². The predicted octanol–water partition coefficient (Wildman–Crippen LogP) is 4.34. The first kappa shape index (κ1) is 13.8. The quantitative estimate of drug-likeness (QED) is 0.843. The number of hydrogen-bond acceptors (Lipinski definition) is 2. The normalized spacial score (nSPS) is 9.74. The fourth-order valence-electron chi connectivity index (χ4n) is 1.56. The number of nitrogens with zero attached hydrogens (tertiary/aromatic N) is 1. The van der Waals surface area contributed by atoms with Crippen LogP contribution in [0.2, 0.25) is 0 Å². The number of amides is 1. The summed E-state index contributed by atoms with van der Waals surface area (Å²) in [6.07, 6.45) is 0. The number of carbonyl (C=O) groups is 1. The van der Waals surface area contributed by atoms with E-state index in [1.54, 1.807) is 36.4 Å². The Morgan fingerprint density at radius 3 is 2.47 bits per heavy atom. The summed E-state index contributed by atoms with van der Waals surface area (Å²) >= 11 is 6.65. The monoisotopic (exact) mass is 378 g/mol. The molecule has 0 aliphatic rings. The van der Waals surface area contributed by atoms with Crippen molar-refractivity contribution >= 4 is 43.5 Å². The van der Waals surface area contributed by atoms with E-state index in [9.17, 15) is 4.79 Å². The lowest BCUT2D eigenvalue weighted by Crippen LogP contribution is -2.13. The number of nitriles is 1. The number of hydrogen-bond donors (Lipinski definition) is 1. The number of nitrogens with one attached hydrogen (secondary N) is 1. The Morgan fingerprint density at radius 2 is 1.84 bits per heavy atom. The van der Waals surface area contributed by atoms with E-state index in [4.69, 9.17) is 5.26 Å². The molecule has 3 nitrogen and oxygen atoms in total. The third kappa shape index (κ3) is 3.22. The minimum Gasteiger partial charge on any atom is -0.320 e. The minimum atomic E-state index is -0.250. The summed E-state index contributed by atoms with van der Waals surface area (Å²) in [7, 11) is 0. The molecule has 0 heterocycles. The molecular weight excluding hydrogens is 372 g/mol. The van der Waals surface area contributed by atoms with Gasteiger partial charge in [-0.05, 0) is 40.2 Å². The van der Waals surface area contributed by atoms with Crippen LogP contribution in [-0.4, -0.2) is 5.91 Å². The predicted molar refractivity (Wildman–Crippen MR) is 81.0 cm³/mol. The SMILES string of the molecule is N#Cc1cc(Br)cc(Br)c1NC(=O)c1ccccc1. The van der Waals surface area contributed by atoms with Crippen molar-refractivity contribution in [3.05, 3.63) is 62.5 Å². The Labute approximate surface area is 127 Å². The first-order chi connectivity index (χ1) is 9.11. The smallest absolute Gasteiger partial charge is 0.255 e. The van der Waals surface area contributed by atoms with Crippen molar-refractivity contribution in [2.75, 3.05) is 5.32 Å². The van der Waals surface area contributed by atoms with Gasteiger partial charge in [0.05, 0.1) is 11.3 Å². The number of rotatable bonds is 2. The molecule has 0 radical (unpaired) electrons. The molecule has 19 heavy (non-hydrogen) atoms. The molecule has 5 heteroatoms. The highest BCUT2D eigenvalue weighted by molar-refractivity contribution is 9.11. The molecule has 2 aromatic rings. The van der Waals surface area contributed by atoms with Gasteiger partial charge in [0.15, 0.2) is 0 Å². The van der Waals surface area contributed by atoms with Crippen LogP contribution >= 0.6 is 31.9 Å². The number of benzene rings is 2. The summed E-state index contributed by atoms with van der Waals surface area (Å²) in [5, 5.41) is 11.9. The second-order valence-electron chi connectivity index (χ2n) is 3.74. The summed E-state index contributed by atoms with van der Waals surface area (Å²) in [6.45, 7) is 0. The van der Waals surface area contributed by atoms with Gasteiger partial charge in [0.25, 0.3) is 5.91 Å². The molecular formula is C14H8Br2N2O. The number of halogens is 2. The van der Waals surface area contributed by atoms with Gasteiger partial charge in [-0.15, -0.1) is 0 Å². The van der Waals surface area contributed by atoms with E-state index in [2.05, 4.69) is 43.2 Å². The van der Waals surface area contributed by atoms with Crippen molar-refractivity contribution in [2.45, 2.75) is 0 Å². The topological polar surface area (TPSA) is 52.9 Å². The molecule has 0 bridgehead atoms. The van der Waals surface area contributed by atoms with E-state index in [-0.39, 0.29) is 5.91 Å². The lowest BCUT2D eigenvalue weighted by Gasteiger charge is -2.10. The van der Waals surface area contributed by atoms with Crippen LogP contribution in [0.25, 0.3) is 0 Å². The van der Waals surface area contributed by atoms with Crippen molar-refractivity contribution in [3.63, 3.8) is 0 Å². The van der Waals surface area contributed by atoms with E-state index in [0.717, 1.165) is 4.47 Å². The Hall–Kier alpha value is -1.64. The van der Waals surface area contributed by atoms with Crippen LogP contribution < -0.4 is 5.32 Å². The first-order valence-corrected chi connectivity index (χ1v) is 6.96. The lowest BCUT2D eigenvalue weighted by molar-refractivity contribution is 0.102. The molecule has 0 fully saturated rings.